The number of hydrogen-bond donors (Lipinski definition) is 1. The molecule has 1 N–H and O–H groups in total. The van der Waals surface area contributed by atoms with Crippen LogP contribution in [0.4, 0.5) is 0 Å². The van der Waals surface area contributed by atoms with Crippen LogP contribution in [0.5, 0.6) is 0 Å². The minimum Gasteiger partial charge on any atom is -0.309 e. The quantitative estimate of drug-likeness (QED) is 0.867. The molecule has 0 amide bonds. The fourth-order valence-electron chi connectivity index (χ4n) is 1.69. The Kier molecular flexibility index (Phi) is 4.65. The van der Waals surface area contributed by atoms with Gasteiger partial charge in [0.1, 0.15) is 0 Å². The van der Waals surface area contributed by atoms with E-state index >= 15 is 0 Å². The highest BCUT2D eigenvalue weighted by Crippen LogP contribution is 2.21. The third kappa shape index (κ3) is 3.78. The predicted molar refractivity (Wildman–Crippen MR) is 69.7 cm³/mol. The number of rotatable bonds is 5. The summed E-state index contributed by atoms with van der Waals surface area (Å²) >= 11 is 0. The summed E-state index contributed by atoms with van der Waals surface area (Å²) in [5.41, 5.74) is 1.84. The Morgan fingerprint density at radius 2 is 2.06 bits per heavy atom. The van der Waals surface area contributed by atoms with Crippen molar-refractivity contribution >= 4 is 9.84 Å². The molecule has 2 atom stereocenters. The standard InChI is InChI=1S/C12H20N2O2S/c1-5-13-12(10(3)17(4,15)16)11-7-6-9(2)14-8-11/h6-8,10,12-13H,5H2,1-4H3. The summed E-state index contributed by atoms with van der Waals surface area (Å²) in [5, 5.41) is 2.74. The lowest BCUT2D eigenvalue weighted by Crippen LogP contribution is -2.35. The summed E-state index contributed by atoms with van der Waals surface area (Å²) in [7, 11) is -3.07. The predicted octanol–water partition coefficient (Wildman–Crippen LogP) is 1.47. The molecule has 4 nitrogen and oxygen atoms in total. The van der Waals surface area contributed by atoms with Gasteiger partial charge in [-0.05, 0) is 32.0 Å². The van der Waals surface area contributed by atoms with Crippen LogP contribution in [0.15, 0.2) is 18.3 Å². The first kappa shape index (κ1) is 14.1. The molecule has 0 saturated carbocycles. The summed E-state index contributed by atoms with van der Waals surface area (Å²) in [4.78, 5) is 4.21. The van der Waals surface area contributed by atoms with Gasteiger partial charge in [-0.3, -0.25) is 4.98 Å². The first-order valence-electron chi connectivity index (χ1n) is 5.71. The summed E-state index contributed by atoms with van der Waals surface area (Å²) in [6.07, 6.45) is 3.01. The molecule has 0 aromatic carbocycles. The fourth-order valence-corrected chi connectivity index (χ4v) is 2.43. The average molecular weight is 256 g/mol. The molecule has 0 saturated heterocycles. The van der Waals surface area contributed by atoms with E-state index in [1.165, 1.54) is 6.26 Å². The van der Waals surface area contributed by atoms with Gasteiger partial charge in [0.25, 0.3) is 0 Å². The van der Waals surface area contributed by atoms with E-state index < -0.39 is 15.1 Å². The van der Waals surface area contributed by atoms with Crippen LogP contribution in [0.3, 0.4) is 0 Å². The number of nitrogens with one attached hydrogen (secondary N) is 1. The van der Waals surface area contributed by atoms with Crippen molar-refractivity contribution in [2.24, 2.45) is 0 Å². The van der Waals surface area contributed by atoms with Crippen molar-refractivity contribution in [2.45, 2.75) is 32.1 Å². The van der Waals surface area contributed by atoms with Gasteiger partial charge in [-0.15, -0.1) is 0 Å². The molecule has 0 aliphatic heterocycles. The Labute approximate surface area is 103 Å². The largest absolute Gasteiger partial charge is 0.309 e. The molecule has 5 heteroatoms. The highest BCUT2D eigenvalue weighted by molar-refractivity contribution is 7.91. The Balaban J connectivity index is 3.05. The molecule has 1 aromatic rings. The lowest BCUT2D eigenvalue weighted by Gasteiger charge is -2.23. The minimum absolute atomic E-state index is 0.205. The molecule has 0 bridgehead atoms. The summed E-state index contributed by atoms with van der Waals surface area (Å²) in [6.45, 7) is 6.32. The number of aryl methyl sites for hydroxylation is 1. The normalized spacial score (nSPS) is 15.5. The molecular formula is C12H20N2O2S. The van der Waals surface area contributed by atoms with Crippen LogP contribution in [-0.4, -0.2) is 31.5 Å². The molecule has 0 fully saturated rings. The van der Waals surface area contributed by atoms with Crippen LogP contribution in [0.2, 0.25) is 0 Å². The Bertz CT molecular complexity index is 454. The van der Waals surface area contributed by atoms with Crippen molar-refractivity contribution in [3.63, 3.8) is 0 Å². The van der Waals surface area contributed by atoms with Crippen molar-refractivity contribution in [1.82, 2.24) is 10.3 Å². The number of nitrogens with zero attached hydrogens (tertiary/aromatic N) is 1. The minimum atomic E-state index is -3.07. The van der Waals surface area contributed by atoms with Gasteiger partial charge in [0.15, 0.2) is 9.84 Å². The fraction of sp³-hybridized carbons (Fsp3) is 0.583. The molecule has 1 rings (SSSR count). The van der Waals surface area contributed by atoms with Crippen LogP contribution in [-0.2, 0) is 9.84 Å². The monoisotopic (exact) mass is 256 g/mol. The molecule has 96 valence electrons. The van der Waals surface area contributed by atoms with Gasteiger partial charge >= 0.3 is 0 Å². The summed E-state index contributed by atoms with van der Waals surface area (Å²) in [6, 6.07) is 3.62. The van der Waals surface area contributed by atoms with Gasteiger partial charge in [0, 0.05) is 18.1 Å². The van der Waals surface area contributed by atoms with Crippen LogP contribution < -0.4 is 5.32 Å². The highest BCUT2D eigenvalue weighted by atomic mass is 32.2. The molecule has 0 aliphatic rings. The maximum atomic E-state index is 11.6. The smallest absolute Gasteiger partial charge is 0.151 e. The van der Waals surface area contributed by atoms with Gasteiger partial charge < -0.3 is 5.32 Å². The maximum Gasteiger partial charge on any atom is 0.151 e. The second-order valence-electron chi connectivity index (χ2n) is 4.30. The second kappa shape index (κ2) is 5.60. The van der Waals surface area contributed by atoms with E-state index in [9.17, 15) is 8.42 Å². The average Bonchev–Trinajstić information content (AvgIpc) is 2.25. The maximum absolute atomic E-state index is 11.6. The topological polar surface area (TPSA) is 59.1 Å². The van der Waals surface area contributed by atoms with Crippen molar-refractivity contribution in [2.75, 3.05) is 12.8 Å². The zero-order valence-corrected chi connectivity index (χ0v) is 11.6. The van der Waals surface area contributed by atoms with Gasteiger partial charge in [-0.1, -0.05) is 13.0 Å². The molecule has 2 unspecified atom stereocenters. The molecule has 0 aliphatic carbocycles. The number of aromatic nitrogens is 1. The van der Waals surface area contributed by atoms with Crippen LogP contribution in [0.25, 0.3) is 0 Å². The number of hydrogen-bond acceptors (Lipinski definition) is 4. The second-order valence-corrected chi connectivity index (χ2v) is 6.71. The van der Waals surface area contributed by atoms with Crippen molar-refractivity contribution in [1.29, 1.82) is 0 Å². The van der Waals surface area contributed by atoms with E-state index in [1.807, 2.05) is 26.0 Å². The SMILES string of the molecule is CCNC(c1ccc(C)nc1)C(C)S(C)(=O)=O. The zero-order chi connectivity index (χ0) is 13.1. The summed E-state index contributed by atoms with van der Waals surface area (Å²) in [5.74, 6) is 0. The highest BCUT2D eigenvalue weighted by Gasteiger charge is 2.26. The number of sulfone groups is 1. The lowest BCUT2D eigenvalue weighted by atomic mass is 10.1. The third-order valence-corrected chi connectivity index (χ3v) is 4.49. The molecule has 0 spiro atoms. The summed E-state index contributed by atoms with van der Waals surface area (Å²) < 4.78 is 23.3. The Morgan fingerprint density at radius 1 is 1.41 bits per heavy atom. The first-order valence-corrected chi connectivity index (χ1v) is 7.66. The molecule has 1 aromatic heterocycles. The van der Waals surface area contributed by atoms with Crippen molar-refractivity contribution in [3.05, 3.63) is 29.6 Å². The van der Waals surface area contributed by atoms with E-state index in [2.05, 4.69) is 10.3 Å². The lowest BCUT2D eigenvalue weighted by molar-refractivity contribution is 0.512. The third-order valence-electron chi connectivity index (χ3n) is 2.86. The van der Waals surface area contributed by atoms with E-state index in [0.29, 0.717) is 0 Å². The molecule has 1 heterocycles. The van der Waals surface area contributed by atoms with Gasteiger partial charge in [0.2, 0.25) is 0 Å². The van der Waals surface area contributed by atoms with E-state index in [-0.39, 0.29) is 6.04 Å². The zero-order valence-electron chi connectivity index (χ0n) is 10.8. The molecule has 17 heavy (non-hydrogen) atoms. The van der Waals surface area contributed by atoms with Crippen molar-refractivity contribution in [3.8, 4) is 0 Å². The van der Waals surface area contributed by atoms with E-state index in [1.54, 1.807) is 13.1 Å². The van der Waals surface area contributed by atoms with E-state index in [0.717, 1.165) is 17.8 Å². The Morgan fingerprint density at radius 3 is 2.47 bits per heavy atom. The van der Waals surface area contributed by atoms with Crippen LogP contribution in [0, 0.1) is 6.92 Å². The molecular weight excluding hydrogens is 236 g/mol. The molecule has 0 radical (unpaired) electrons. The van der Waals surface area contributed by atoms with Gasteiger partial charge in [-0.25, -0.2) is 8.42 Å². The van der Waals surface area contributed by atoms with Crippen molar-refractivity contribution < 1.29 is 8.42 Å². The Hall–Kier alpha value is -0.940. The first-order chi connectivity index (χ1) is 7.86. The van der Waals surface area contributed by atoms with Crippen LogP contribution in [0.1, 0.15) is 31.1 Å². The van der Waals surface area contributed by atoms with Crippen LogP contribution >= 0.6 is 0 Å². The van der Waals surface area contributed by atoms with Gasteiger partial charge in [0.05, 0.1) is 11.3 Å². The van der Waals surface area contributed by atoms with E-state index in [4.69, 9.17) is 0 Å². The van der Waals surface area contributed by atoms with Gasteiger partial charge in [-0.2, -0.15) is 0 Å². The number of pyridine rings is 1.